The fraction of sp³-hybridized carbons (Fsp3) is 0.368. The Balaban J connectivity index is 1.66. The number of rotatable bonds is 6. The molecule has 2 aromatic rings. The van der Waals surface area contributed by atoms with Crippen molar-refractivity contribution >= 4 is 55.7 Å². The predicted molar refractivity (Wildman–Crippen MR) is 109 cm³/mol. The highest BCUT2D eigenvalue weighted by atomic mass is 79.9. The number of hydrogen-bond donors (Lipinski definition) is 2. The van der Waals surface area contributed by atoms with Crippen LogP contribution in [0.5, 0.6) is 0 Å². The van der Waals surface area contributed by atoms with Crippen LogP contribution in [0, 0.1) is 12.8 Å². The molecule has 142 valence electrons. The monoisotopic (exact) mass is 449 g/mol. The lowest BCUT2D eigenvalue weighted by Gasteiger charge is -2.14. The first-order valence-corrected chi connectivity index (χ1v) is 10.4. The first kappa shape index (κ1) is 19.7. The van der Waals surface area contributed by atoms with Crippen LogP contribution >= 0.6 is 27.3 Å². The lowest BCUT2D eigenvalue weighted by atomic mass is 9.94. The fourth-order valence-corrected chi connectivity index (χ4v) is 4.32. The molecule has 8 heteroatoms. The fourth-order valence-electron chi connectivity index (χ4n) is 3.19. The van der Waals surface area contributed by atoms with Gasteiger partial charge in [0.25, 0.3) is 0 Å². The number of aromatic nitrogens is 1. The summed E-state index contributed by atoms with van der Waals surface area (Å²) in [6.45, 7) is 1.91. The largest absolute Gasteiger partial charge is 0.325 e. The topological polar surface area (TPSA) is 88.2 Å². The van der Waals surface area contributed by atoms with E-state index in [2.05, 4.69) is 31.5 Å². The van der Waals surface area contributed by atoms with Crippen molar-refractivity contribution in [2.24, 2.45) is 5.92 Å². The molecule has 0 unspecified atom stereocenters. The average molecular weight is 450 g/mol. The summed E-state index contributed by atoms with van der Waals surface area (Å²) < 4.78 is 0.789. The van der Waals surface area contributed by atoms with Crippen LogP contribution in [-0.2, 0) is 9.59 Å². The second-order valence-corrected chi connectivity index (χ2v) is 9.05. The van der Waals surface area contributed by atoms with Crippen molar-refractivity contribution in [2.45, 2.75) is 39.0 Å². The Morgan fingerprint density at radius 3 is 2.56 bits per heavy atom. The zero-order valence-corrected chi connectivity index (χ0v) is 17.3. The van der Waals surface area contributed by atoms with Gasteiger partial charge in [-0.3, -0.25) is 14.4 Å². The number of carbonyl (C=O) groups excluding carboxylic acids is 3. The van der Waals surface area contributed by atoms with Gasteiger partial charge in [0.15, 0.2) is 10.9 Å². The van der Waals surface area contributed by atoms with Gasteiger partial charge in [0.2, 0.25) is 11.8 Å². The number of amides is 2. The highest BCUT2D eigenvalue weighted by Gasteiger charge is 2.26. The molecule has 1 saturated carbocycles. The molecule has 0 atom stereocenters. The van der Waals surface area contributed by atoms with Gasteiger partial charge in [0, 0.05) is 11.5 Å². The summed E-state index contributed by atoms with van der Waals surface area (Å²) in [7, 11) is 0. The maximum Gasteiger partial charge on any atom is 0.235 e. The van der Waals surface area contributed by atoms with E-state index in [4.69, 9.17) is 0 Å². The molecule has 1 aromatic carbocycles. The van der Waals surface area contributed by atoms with Crippen molar-refractivity contribution in [1.29, 1.82) is 0 Å². The summed E-state index contributed by atoms with van der Waals surface area (Å²) in [5.74, 6) is -0.824. The summed E-state index contributed by atoms with van der Waals surface area (Å²) in [4.78, 5) is 41.1. The number of carbonyl (C=O) groups is 3. The van der Waals surface area contributed by atoms with Gasteiger partial charge in [-0.05, 0) is 47.8 Å². The Labute approximate surface area is 169 Å². The molecule has 1 aromatic heterocycles. The van der Waals surface area contributed by atoms with Gasteiger partial charge in [-0.25, -0.2) is 4.98 Å². The molecule has 1 heterocycles. The Morgan fingerprint density at radius 2 is 1.89 bits per heavy atom. The van der Waals surface area contributed by atoms with E-state index in [1.54, 1.807) is 12.3 Å². The Morgan fingerprint density at radius 1 is 1.19 bits per heavy atom. The third-order valence-corrected chi connectivity index (χ3v) is 5.88. The SMILES string of the molecule is Cc1ccc(NC(=O)CC(=O)Nc2ncc(Br)s2)c(C(=O)C2CCCC2)c1. The molecule has 0 spiro atoms. The molecule has 27 heavy (non-hydrogen) atoms. The van der Waals surface area contributed by atoms with E-state index in [1.165, 1.54) is 11.3 Å². The van der Waals surface area contributed by atoms with E-state index in [9.17, 15) is 14.4 Å². The third-order valence-electron chi connectivity index (χ3n) is 4.49. The molecular weight excluding hydrogens is 430 g/mol. The molecule has 2 N–H and O–H groups in total. The van der Waals surface area contributed by atoms with Crippen LogP contribution in [0.4, 0.5) is 10.8 Å². The minimum Gasteiger partial charge on any atom is -0.325 e. The first-order chi connectivity index (χ1) is 12.9. The average Bonchev–Trinajstić information content (AvgIpc) is 3.27. The van der Waals surface area contributed by atoms with Gasteiger partial charge >= 0.3 is 0 Å². The van der Waals surface area contributed by atoms with Crippen LogP contribution in [0.25, 0.3) is 0 Å². The Bertz CT molecular complexity index is 875. The number of benzene rings is 1. The summed E-state index contributed by atoms with van der Waals surface area (Å²) in [6.07, 6.45) is 5.15. The molecule has 1 aliphatic carbocycles. The zero-order chi connectivity index (χ0) is 19.4. The van der Waals surface area contributed by atoms with E-state index in [0.29, 0.717) is 16.4 Å². The normalized spacial score (nSPS) is 14.1. The van der Waals surface area contributed by atoms with Gasteiger partial charge in [0.1, 0.15) is 6.42 Å². The van der Waals surface area contributed by atoms with E-state index in [-0.39, 0.29) is 18.1 Å². The number of halogens is 1. The smallest absolute Gasteiger partial charge is 0.235 e. The number of ketones is 1. The Hall–Kier alpha value is -2.06. The minimum absolute atomic E-state index is 0.0223. The number of thiazole rings is 1. The quantitative estimate of drug-likeness (QED) is 0.499. The van der Waals surface area contributed by atoms with Crippen molar-refractivity contribution in [3.05, 3.63) is 39.3 Å². The van der Waals surface area contributed by atoms with Crippen LogP contribution in [0.2, 0.25) is 0 Å². The summed E-state index contributed by atoms with van der Waals surface area (Å²) >= 11 is 4.53. The maximum absolute atomic E-state index is 12.8. The second-order valence-electron chi connectivity index (χ2n) is 6.64. The summed E-state index contributed by atoms with van der Waals surface area (Å²) in [6, 6.07) is 5.38. The van der Waals surface area contributed by atoms with Gasteiger partial charge in [-0.1, -0.05) is 35.8 Å². The van der Waals surface area contributed by atoms with Crippen molar-refractivity contribution in [3.8, 4) is 0 Å². The molecule has 0 bridgehead atoms. The number of Topliss-reactive ketones (excluding diaryl/α,β-unsaturated/α-hetero) is 1. The third kappa shape index (κ3) is 5.23. The lowest BCUT2D eigenvalue weighted by Crippen LogP contribution is -2.23. The standard InChI is InChI=1S/C19H20BrN3O3S/c1-11-6-7-14(13(8-11)18(26)12-4-2-3-5-12)22-16(24)9-17(25)23-19-21-10-15(20)27-19/h6-8,10,12H,2-5,9H2,1H3,(H,22,24)(H,21,23,25). The first-order valence-electron chi connectivity index (χ1n) is 8.78. The van der Waals surface area contributed by atoms with Crippen molar-refractivity contribution < 1.29 is 14.4 Å². The van der Waals surface area contributed by atoms with Gasteiger partial charge < -0.3 is 10.6 Å². The molecular formula is C19H20BrN3O3S. The number of anilines is 2. The van der Waals surface area contributed by atoms with Crippen molar-refractivity contribution in [3.63, 3.8) is 0 Å². The van der Waals surface area contributed by atoms with Crippen LogP contribution < -0.4 is 10.6 Å². The lowest BCUT2D eigenvalue weighted by molar-refractivity contribution is -0.123. The van der Waals surface area contributed by atoms with Crippen LogP contribution in [0.3, 0.4) is 0 Å². The highest BCUT2D eigenvalue weighted by Crippen LogP contribution is 2.31. The highest BCUT2D eigenvalue weighted by molar-refractivity contribution is 9.11. The molecule has 0 radical (unpaired) electrons. The molecule has 3 rings (SSSR count). The van der Waals surface area contributed by atoms with E-state index >= 15 is 0 Å². The second kappa shape index (κ2) is 8.75. The summed E-state index contributed by atoms with van der Waals surface area (Å²) in [5, 5.41) is 5.72. The number of aryl methyl sites for hydroxylation is 1. The summed E-state index contributed by atoms with van der Waals surface area (Å²) in [5.41, 5.74) is 1.95. The number of nitrogens with zero attached hydrogens (tertiary/aromatic N) is 1. The van der Waals surface area contributed by atoms with Crippen molar-refractivity contribution in [2.75, 3.05) is 10.6 Å². The number of hydrogen-bond acceptors (Lipinski definition) is 5. The maximum atomic E-state index is 12.8. The van der Waals surface area contributed by atoms with Gasteiger partial charge in [-0.2, -0.15) is 0 Å². The molecule has 0 saturated heterocycles. The predicted octanol–water partition coefficient (Wildman–Crippen LogP) is 4.55. The van der Waals surface area contributed by atoms with Crippen LogP contribution in [-0.4, -0.2) is 22.6 Å². The van der Waals surface area contributed by atoms with Crippen LogP contribution in [0.1, 0.15) is 48.0 Å². The molecule has 1 fully saturated rings. The van der Waals surface area contributed by atoms with Crippen molar-refractivity contribution in [1.82, 2.24) is 4.98 Å². The minimum atomic E-state index is -0.465. The molecule has 1 aliphatic rings. The van der Waals surface area contributed by atoms with Gasteiger partial charge in [-0.15, -0.1) is 0 Å². The van der Waals surface area contributed by atoms with Gasteiger partial charge in [0.05, 0.1) is 15.7 Å². The van der Waals surface area contributed by atoms with E-state index in [1.807, 2.05) is 19.1 Å². The zero-order valence-electron chi connectivity index (χ0n) is 14.9. The molecule has 6 nitrogen and oxygen atoms in total. The molecule has 0 aliphatic heterocycles. The van der Waals surface area contributed by atoms with Crippen LogP contribution in [0.15, 0.2) is 28.2 Å². The van der Waals surface area contributed by atoms with E-state index < -0.39 is 11.8 Å². The van der Waals surface area contributed by atoms with E-state index in [0.717, 1.165) is 35.0 Å². The number of nitrogens with one attached hydrogen (secondary N) is 2. The Kier molecular flexibility index (Phi) is 6.38. The molecule has 2 amide bonds.